The third-order valence-electron chi connectivity index (χ3n) is 3.27. The summed E-state index contributed by atoms with van der Waals surface area (Å²) in [6.45, 7) is 8.67. The fraction of sp³-hybridized carbons (Fsp3) is 0.353. The van der Waals surface area contributed by atoms with E-state index in [-0.39, 0.29) is 5.82 Å². The summed E-state index contributed by atoms with van der Waals surface area (Å²) in [5.41, 5.74) is 4.30. The Kier molecular flexibility index (Phi) is 3.98. The molecule has 0 bridgehead atoms. The number of hydrogen-bond donors (Lipinski definition) is 0. The van der Waals surface area contributed by atoms with Crippen molar-refractivity contribution in [3.63, 3.8) is 0 Å². The second kappa shape index (κ2) is 5.52. The molecule has 1 aromatic carbocycles. The normalized spacial score (nSPS) is 11.3. The molecule has 2 rings (SSSR count). The van der Waals surface area contributed by atoms with Crippen LogP contribution < -0.4 is 0 Å². The Morgan fingerprint density at radius 1 is 0.842 bits per heavy atom. The first kappa shape index (κ1) is 13.7. The Bertz CT molecular complexity index is 556. The second-order valence-corrected chi connectivity index (χ2v) is 5.49. The minimum absolute atomic E-state index is 0.216. The van der Waals surface area contributed by atoms with E-state index in [4.69, 9.17) is 4.98 Å². The summed E-state index contributed by atoms with van der Waals surface area (Å²) in [6.07, 6.45) is 0. The first-order valence-electron chi connectivity index (χ1n) is 6.75. The zero-order valence-electron chi connectivity index (χ0n) is 11.9. The monoisotopic (exact) mass is 257 g/mol. The summed E-state index contributed by atoms with van der Waals surface area (Å²) in [5, 5.41) is 0. The average Bonchev–Trinajstić information content (AvgIpc) is 2.38. The van der Waals surface area contributed by atoms with Crippen molar-refractivity contribution in [1.29, 1.82) is 0 Å². The molecule has 0 atom stereocenters. The molecule has 0 N–H and O–H groups in total. The topological polar surface area (TPSA) is 12.9 Å². The van der Waals surface area contributed by atoms with Gasteiger partial charge in [-0.05, 0) is 47.7 Å². The van der Waals surface area contributed by atoms with Gasteiger partial charge in [0, 0.05) is 11.3 Å². The van der Waals surface area contributed by atoms with Gasteiger partial charge in [0.25, 0.3) is 0 Å². The fourth-order valence-corrected chi connectivity index (χ4v) is 2.22. The van der Waals surface area contributed by atoms with E-state index in [0.717, 1.165) is 17.0 Å². The van der Waals surface area contributed by atoms with Crippen molar-refractivity contribution >= 4 is 0 Å². The number of aromatic nitrogens is 1. The second-order valence-electron chi connectivity index (χ2n) is 5.49. The lowest BCUT2D eigenvalue weighted by Gasteiger charge is -2.16. The Balaban J connectivity index is 2.49. The standard InChI is InChI=1S/C17H20FN/c1-11(2)15-9-10-16(19-17(15)12(3)4)13-5-7-14(18)8-6-13/h5-12H,1-4H3. The molecule has 0 spiro atoms. The molecule has 1 heterocycles. The van der Waals surface area contributed by atoms with Gasteiger partial charge in [-0.1, -0.05) is 33.8 Å². The minimum atomic E-state index is -0.216. The van der Waals surface area contributed by atoms with E-state index in [2.05, 4.69) is 33.8 Å². The number of benzene rings is 1. The first-order valence-corrected chi connectivity index (χ1v) is 6.75. The quantitative estimate of drug-likeness (QED) is 0.742. The predicted molar refractivity (Wildman–Crippen MR) is 77.8 cm³/mol. The maximum Gasteiger partial charge on any atom is 0.123 e. The third-order valence-corrected chi connectivity index (χ3v) is 3.27. The summed E-state index contributed by atoms with van der Waals surface area (Å²) in [6, 6.07) is 10.7. The lowest BCUT2D eigenvalue weighted by Crippen LogP contribution is -2.03. The summed E-state index contributed by atoms with van der Waals surface area (Å²) in [7, 11) is 0. The van der Waals surface area contributed by atoms with Crippen molar-refractivity contribution in [2.24, 2.45) is 0 Å². The molecule has 0 aliphatic carbocycles. The highest BCUT2D eigenvalue weighted by Crippen LogP contribution is 2.27. The zero-order valence-corrected chi connectivity index (χ0v) is 11.9. The van der Waals surface area contributed by atoms with Crippen LogP contribution in [0.25, 0.3) is 11.3 Å². The van der Waals surface area contributed by atoms with Crippen LogP contribution in [0.1, 0.15) is 50.8 Å². The van der Waals surface area contributed by atoms with Crippen molar-refractivity contribution in [3.8, 4) is 11.3 Å². The summed E-state index contributed by atoms with van der Waals surface area (Å²) < 4.78 is 13.0. The molecular formula is C17H20FN. The molecule has 0 fully saturated rings. The molecule has 0 aliphatic heterocycles. The van der Waals surface area contributed by atoms with Crippen LogP contribution in [-0.2, 0) is 0 Å². The van der Waals surface area contributed by atoms with Gasteiger partial charge in [0.15, 0.2) is 0 Å². The molecule has 0 saturated carbocycles. The largest absolute Gasteiger partial charge is 0.252 e. The zero-order chi connectivity index (χ0) is 14.0. The predicted octanol–water partition coefficient (Wildman–Crippen LogP) is 5.13. The van der Waals surface area contributed by atoms with Gasteiger partial charge >= 0.3 is 0 Å². The average molecular weight is 257 g/mol. The fourth-order valence-electron chi connectivity index (χ4n) is 2.22. The Morgan fingerprint density at radius 3 is 2.00 bits per heavy atom. The first-order chi connectivity index (χ1) is 8.99. The Hall–Kier alpha value is -1.70. The van der Waals surface area contributed by atoms with E-state index in [1.807, 2.05) is 6.07 Å². The summed E-state index contributed by atoms with van der Waals surface area (Å²) in [5.74, 6) is 0.636. The molecule has 1 aromatic heterocycles. The molecule has 0 amide bonds. The van der Waals surface area contributed by atoms with E-state index >= 15 is 0 Å². The van der Waals surface area contributed by atoms with Gasteiger partial charge in [-0.15, -0.1) is 0 Å². The van der Waals surface area contributed by atoms with Crippen LogP contribution in [0.3, 0.4) is 0 Å². The lowest BCUT2D eigenvalue weighted by atomic mass is 9.94. The van der Waals surface area contributed by atoms with Gasteiger partial charge in [0.1, 0.15) is 5.82 Å². The Morgan fingerprint density at radius 2 is 1.47 bits per heavy atom. The van der Waals surface area contributed by atoms with Crippen LogP contribution in [0.4, 0.5) is 4.39 Å². The van der Waals surface area contributed by atoms with Crippen molar-refractivity contribution in [3.05, 3.63) is 53.5 Å². The molecule has 0 unspecified atom stereocenters. The molecule has 100 valence electrons. The molecule has 0 saturated heterocycles. The lowest BCUT2D eigenvalue weighted by molar-refractivity contribution is 0.628. The van der Waals surface area contributed by atoms with Crippen LogP contribution in [0.15, 0.2) is 36.4 Å². The van der Waals surface area contributed by atoms with E-state index in [0.29, 0.717) is 11.8 Å². The van der Waals surface area contributed by atoms with E-state index < -0.39 is 0 Å². The van der Waals surface area contributed by atoms with Gasteiger partial charge in [0.2, 0.25) is 0 Å². The summed E-state index contributed by atoms with van der Waals surface area (Å²) >= 11 is 0. The number of nitrogens with zero attached hydrogens (tertiary/aromatic N) is 1. The summed E-state index contributed by atoms with van der Waals surface area (Å²) in [4.78, 5) is 4.77. The SMILES string of the molecule is CC(C)c1ccc(-c2ccc(F)cc2)nc1C(C)C. The number of rotatable bonds is 3. The minimum Gasteiger partial charge on any atom is -0.252 e. The molecule has 2 aromatic rings. The van der Waals surface area contributed by atoms with Crippen LogP contribution in [0.2, 0.25) is 0 Å². The van der Waals surface area contributed by atoms with E-state index in [1.165, 1.54) is 17.7 Å². The highest BCUT2D eigenvalue weighted by atomic mass is 19.1. The van der Waals surface area contributed by atoms with Gasteiger partial charge < -0.3 is 0 Å². The van der Waals surface area contributed by atoms with Gasteiger partial charge in [-0.2, -0.15) is 0 Å². The van der Waals surface area contributed by atoms with Crippen LogP contribution in [-0.4, -0.2) is 4.98 Å². The van der Waals surface area contributed by atoms with Crippen molar-refractivity contribution in [1.82, 2.24) is 4.98 Å². The molecular weight excluding hydrogens is 237 g/mol. The number of hydrogen-bond acceptors (Lipinski definition) is 1. The van der Waals surface area contributed by atoms with Crippen LogP contribution >= 0.6 is 0 Å². The van der Waals surface area contributed by atoms with Crippen molar-refractivity contribution < 1.29 is 4.39 Å². The van der Waals surface area contributed by atoms with Crippen molar-refractivity contribution in [2.75, 3.05) is 0 Å². The van der Waals surface area contributed by atoms with E-state index in [9.17, 15) is 4.39 Å². The molecule has 19 heavy (non-hydrogen) atoms. The number of pyridine rings is 1. The van der Waals surface area contributed by atoms with Gasteiger partial charge in [-0.3, -0.25) is 4.98 Å². The molecule has 2 heteroatoms. The highest BCUT2D eigenvalue weighted by Gasteiger charge is 2.13. The van der Waals surface area contributed by atoms with Crippen molar-refractivity contribution in [2.45, 2.75) is 39.5 Å². The molecule has 0 aliphatic rings. The Labute approximate surface area is 114 Å². The van der Waals surface area contributed by atoms with Crippen LogP contribution in [0.5, 0.6) is 0 Å². The van der Waals surface area contributed by atoms with Gasteiger partial charge in [-0.25, -0.2) is 4.39 Å². The van der Waals surface area contributed by atoms with Gasteiger partial charge in [0.05, 0.1) is 5.69 Å². The molecule has 1 nitrogen and oxygen atoms in total. The highest BCUT2D eigenvalue weighted by molar-refractivity contribution is 5.59. The maximum atomic E-state index is 13.0. The maximum absolute atomic E-state index is 13.0. The third kappa shape index (κ3) is 3.01. The van der Waals surface area contributed by atoms with Crippen LogP contribution in [0, 0.1) is 5.82 Å². The molecule has 0 radical (unpaired) electrons. The number of halogens is 1. The van der Waals surface area contributed by atoms with E-state index in [1.54, 1.807) is 12.1 Å². The smallest absolute Gasteiger partial charge is 0.123 e.